The molecular weight excluding hydrogens is 290 g/mol. The van der Waals surface area contributed by atoms with Crippen LogP contribution in [0.3, 0.4) is 0 Å². The fraction of sp³-hybridized carbons (Fsp3) is 0.471. The number of hydrogen-bond donors (Lipinski definition) is 2. The van der Waals surface area contributed by atoms with Gasteiger partial charge < -0.3 is 11.1 Å². The van der Waals surface area contributed by atoms with Crippen LogP contribution in [-0.4, -0.2) is 26.7 Å². The molecule has 0 radical (unpaired) electrons. The van der Waals surface area contributed by atoms with Crippen LogP contribution in [0.5, 0.6) is 0 Å². The summed E-state index contributed by atoms with van der Waals surface area (Å²) in [6.45, 7) is 2.01. The predicted molar refractivity (Wildman–Crippen MR) is 89.7 cm³/mol. The Morgan fingerprint density at radius 2 is 2.09 bits per heavy atom. The van der Waals surface area contributed by atoms with Gasteiger partial charge in [-0.2, -0.15) is 5.10 Å². The highest BCUT2D eigenvalue weighted by Crippen LogP contribution is 2.27. The molecule has 1 atom stereocenters. The molecule has 6 nitrogen and oxygen atoms in total. The molecule has 2 heterocycles. The third-order valence-corrected chi connectivity index (χ3v) is 4.62. The average Bonchev–Trinajstić information content (AvgIpc) is 3.18. The number of hydrogen-bond acceptors (Lipinski definition) is 4. The van der Waals surface area contributed by atoms with Crippen molar-refractivity contribution in [3.63, 3.8) is 0 Å². The molecule has 122 valence electrons. The topological polar surface area (TPSA) is 85.8 Å². The lowest BCUT2D eigenvalue weighted by molar-refractivity contribution is -0.118. The van der Waals surface area contributed by atoms with Crippen LogP contribution < -0.4 is 11.1 Å². The molecule has 1 amide bonds. The number of rotatable bonds is 4. The summed E-state index contributed by atoms with van der Waals surface area (Å²) in [6, 6.07) is 3.30. The highest BCUT2D eigenvalue weighted by Gasteiger charge is 2.27. The zero-order chi connectivity index (χ0) is 16.4. The van der Waals surface area contributed by atoms with Gasteiger partial charge in [-0.25, -0.2) is 4.98 Å². The second-order valence-corrected chi connectivity index (χ2v) is 6.29. The third-order valence-electron chi connectivity index (χ3n) is 4.62. The lowest BCUT2D eigenvalue weighted by Gasteiger charge is -2.17. The molecule has 1 aliphatic carbocycles. The zero-order valence-corrected chi connectivity index (χ0v) is 13.6. The van der Waals surface area contributed by atoms with E-state index < -0.39 is 6.04 Å². The van der Waals surface area contributed by atoms with Gasteiger partial charge in [0.2, 0.25) is 5.91 Å². The normalized spacial score (nSPS) is 16.5. The van der Waals surface area contributed by atoms with Crippen molar-refractivity contribution >= 4 is 11.7 Å². The Morgan fingerprint density at radius 1 is 1.35 bits per heavy atom. The molecule has 0 saturated heterocycles. The number of pyridine rings is 1. The second kappa shape index (κ2) is 6.50. The maximum Gasteiger partial charge on any atom is 0.242 e. The predicted octanol–water partition coefficient (Wildman–Crippen LogP) is 2.25. The molecule has 3 N–H and O–H groups in total. The average molecular weight is 313 g/mol. The van der Waals surface area contributed by atoms with E-state index >= 15 is 0 Å². The van der Waals surface area contributed by atoms with Gasteiger partial charge in [0, 0.05) is 18.8 Å². The number of nitrogens with one attached hydrogen (secondary N) is 1. The van der Waals surface area contributed by atoms with E-state index in [-0.39, 0.29) is 5.91 Å². The van der Waals surface area contributed by atoms with Crippen LogP contribution in [0, 0.1) is 12.8 Å². The van der Waals surface area contributed by atoms with Gasteiger partial charge >= 0.3 is 0 Å². The van der Waals surface area contributed by atoms with E-state index in [1.165, 1.54) is 12.8 Å². The summed E-state index contributed by atoms with van der Waals surface area (Å²) < 4.78 is 1.82. The Hall–Kier alpha value is -2.21. The number of carbonyl (C=O) groups is 1. The van der Waals surface area contributed by atoms with Gasteiger partial charge in [-0.05, 0) is 43.4 Å². The molecule has 0 aliphatic heterocycles. The first kappa shape index (κ1) is 15.7. The fourth-order valence-corrected chi connectivity index (χ4v) is 3.31. The van der Waals surface area contributed by atoms with Crippen LogP contribution >= 0.6 is 0 Å². The van der Waals surface area contributed by atoms with Crippen molar-refractivity contribution in [2.75, 3.05) is 5.32 Å². The molecule has 23 heavy (non-hydrogen) atoms. The highest BCUT2D eigenvalue weighted by molar-refractivity contribution is 5.94. The Bertz CT molecular complexity index is 666. The van der Waals surface area contributed by atoms with Crippen LogP contribution in [0.1, 0.15) is 31.2 Å². The Labute approximate surface area is 136 Å². The molecule has 6 heteroatoms. The van der Waals surface area contributed by atoms with Crippen molar-refractivity contribution in [1.29, 1.82) is 0 Å². The van der Waals surface area contributed by atoms with Gasteiger partial charge in [0.15, 0.2) is 0 Å². The quantitative estimate of drug-likeness (QED) is 0.906. The molecule has 0 aromatic carbocycles. The van der Waals surface area contributed by atoms with E-state index in [2.05, 4.69) is 15.4 Å². The maximum absolute atomic E-state index is 12.2. The Balaban J connectivity index is 1.69. The van der Waals surface area contributed by atoms with E-state index in [0.29, 0.717) is 11.7 Å². The minimum absolute atomic E-state index is 0.145. The number of anilines is 1. The minimum atomic E-state index is -0.446. The van der Waals surface area contributed by atoms with Gasteiger partial charge in [-0.15, -0.1) is 0 Å². The summed E-state index contributed by atoms with van der Waals surface area (Å²) in [4.78, 5) is 16.6. The Morgan fingerprint density at radius 3 is 2.65 bits per heavy atom. The number of amides is 1. The molecule has 0 unspecified atom stereocenters. The number of carbonyl (C=O) groups excluding carboxylic acids is 1. The van der Waals surface area contributed by atoms with Gasteiger partial charge in [0.1, 0.15) is 5.82 Å². The highest BCUT2D eigenvalue weighted by atomic mass is 16.2. The first-order valence-corrected chi connectivity index (χ1v) is 8.07. The van der Waals surface area contributed by atoms with Gasteiger partial charge in [-0.3, -0.25) is 9.48 Å². The van der Waals surface area contributed by atoms with Crippen molar-refractivity contribution < 1.29 is 4.79 Å². The summed E-state index contributed by atoms with van der Waals surface area (Å²) >= 11 is 0. The minimum Gasteiger partial charge on any atom is -0.320 e. The third kappa shape index (κ3) is 3.27. The number of aromatic nitrogens is 3. The van der Waals surface area contributed by atoms with Gasteiger partial charge in [-0.1, -0.05) is 12.8 Å². The van der Waals surface area contributed by atoms with Crippen molar-refractivity contribution in [1.82, 2.24) is 14.8 Å². The molecule has 0 spiro atoms. The summed E-state index contributed by atoms with van der Waals surface area (Å²) in [5.41, 5.74) is 9.16. The molecule has 2 aromatic rings. The fourth-order valence-electron chi connectivity index (χ4n) is 3.31. The molecule has 1 saturated carbocycles. The van der Waals surface area contributed by atoms with E-state index in [9.17, 15) is 4.79 Å². The van der Waals surface area contributed by atoms with E-state index in [0.717, 1.165) is 29.7 Å². The first-order valence-electron chi connectivity index (χ1n) is 8.07. The van der Waals surface area contributed by atoms with Crippen molar-refractivity contribution in [3.8, 4) is 11.3 Å². The zero-order valence-electron chi connectivity index (χ0n) is 13.6. The number of nitrogens with zero attached hydrogens (tertiary/aromatic N) is 3. The maximum atomic E-state index is 12.2. The lowest BCUT2D eigenvalue weighted by Crippen LogP contribution is -2.41. The number of nitrogens with two attached hydrogens (primary N) is 1. The summed E-state index contributed by atoms with van der Waals surface area (Å²) in [5.74, 6) is 0.687. The van der Waals surface area contributed by atoms with Gasteiger partial charge in [0.05, 0.1) is 17.9 Å². The lowest BCUT2D eigenvalue weighted by atomic mass is 9.98. The smallest absolute Gasteiger partial charge is 0.242 e. The van der Waals surface area contributed by atoms with Crippen LogP contribution in [0.4, 0.5) is 5.82 Å². The molecule has 1 fully saturated rings. The Kier molecular flexibility index (Phi) is 4.43. The van der Waals surface area contributed by atoms with Crippen LogP contribution in [0.25, 0.3) is 11.3 Å². The van der Waals surface area contributed by atoms with Crippen molar-refractivity contribution in [2.45, 2.75) is 38.6 Å². The SMILES string of the molecule is Cc1cnn(C)c1-c1ccc(NC(=O)[C@@H](N)C2CCCC2)nc1. The molecular formula is C17H23N5O. The summed E-state index contributed by atoms with van der Waals surface area (Å²) in [6.07, 6.45) is 8.00. The van der Waals surface area contributed by atoms with Crippen LogP contribution in [-0.2, 0) is 11.8 Å². The standard InChI is InChI=1S/C17H23N5O/c1-11-9-20-22(2)16(11)13-7-8-14(19-10-13)21-17(23)15(18)12-5-3-4-6-12/h7-10,12,15H,3-6,18H2,1-2H3,(H,19,21,23)/t15-/m0/s1. The number of aryl methyl sites for hydroxylation is 2. The summed E-state index contributed by atoms with van der Waals surface area (Å²) in [7, 11) is 1.90. The van der Waals surface area contributed by atoms with E-state index in [1.54, 1.807) is 12.3 Å². The summed E-state index contributed by atoms with van der Waals surface area (Å²) in [5, 5.41) is 7.06. The molecule has 0 bridgehead atoms. The monoisotopic (exact) mass is 313 g/mol. The van der Waals surface area contributed by atoms with E-state index in [1.807, 2.05) is 30.9 Å². The van der Waals surface area contributed by atoms with Gasteiger partial charge in [0.25, 0.3) is 0 Å². The molecule has 3 rings (SSSR count). The van der Waals surface area contributed by atoms with E-state index in [4.69, 9.17) is 5.73 Å². The van der Waals surface area contributed by atoms with Crippen molar-refractivity contribution in [2.24, 2.45) is 18.7 Å². The second-order valence-electron chi connectivity index (χ2n) is 6.29. The molecule has 1 aliphatic rings. The largest absolute Gasteiger partial charge is 0.320 e. The van der Waals surface area contributed by atoms with Crippen LogP contribution in [0.2, 0.25) is 0 Å². The van der Waals surface area contributed by atoms with Crippen LogP contribution in [0.15, 0.2) is 24.5 Å². The van der Waals surface area contributed by atoms with Crippen molar-refractivity contribution in [3.05, 3.63) is 30.1 Å². The molecule has 2 aromatic heterocycles. The first-order chi connectivity index (χ1) is 11.1.